The second-order valence-corrected chi connectivity index (χ2v) is 5.11. The lowest BCUT2D eigenvalue weighted by molar-refractivity contribution is -0.134. The number of alkyl halides is 3. The Balaban J connectivity index is 2.03. The van der Waals surface area contributed by atoms with E-state index in [2.05, 4.69) is 15.5 Å². The Hall–Kier alpha value is -1.50. The zero-order chi connectivity index (χ0) is 13.3. The van der Waals surface area contributed by atoms with Gasteiger partial charge in [-0.1, -0.05) is 0 Å². The third kappa shape index (κ3) is 2.66. The Morgan fingerprint density at radius 1 is 1.33 bits per heavy atom. The molecule has 0 fully saturated rings. The molecule has 7 heteroatoms. The molecular formula is C11H12F3N3S. The molecule has 0 saturated carbocycles. The number of aryl methyl sites for hydroxylation is 1. The van der Waals surface area contributed by atoms with Gasteiger partial charge >= 0.3 is 6.18 Å². The molecule has 0 aliphatic carbocycles. The third-order valence-corrected chi connectivity index (χ3v) is 3.75. The Morgan fingerprint density at radius 2 is 2.06 bits per heavy atom. The van der Waals surface area contributed by atoms with Crippen molar-refractivity contribution in [3.05, 3.63) is 33.1 Å². The summed E-state index contributed by atoms with van der Waals surface area (Å²) < 4.78 is 37.2. The second kappa shape index (κ2) is 4.64. The number of halogens is 3. The SMILES string of the molecule is Cc1[nH]nc(NCc2ccc(C(F)(F)F)s2)c1C. The molecule has 2 heterocycles. The summed E-state index contributed by atoms with van der Waals surface area (Å²) in [6.07, 6.45) is -4.26. The molecule has 98 valence electrons. The molecule has 0 unspecified atom stereocenters. The maximum atomic E-state index is 12.4. The molecule has 0 spiro atoms. The van der Waals surface area contributed by atoms with E-state index < -0.39 is 11.1 Å². The lowest BCUT2D eigenvalue weighted by Crippen LogP contribution is -2.01. The number of hydrogen-bond acceptors (Lipinski definition) is 3. The summed E-state index contributed by atoms with van der Waals surface area (Å²) in [5.74, 6) is 0.675. The molecule has 0 aliphatic rings. The summed E-state index contributed by atoms with van der Waals surface area (Å²) in [4.78, 5) is 0.0524. The smallest absolute Gasteiger partial charge is 0.363 e. The van der Waals surface area contributed by atoms with Gasteiger partial charge in [-0.05, 0) is 26.0 Å². The van der Waals surface area contributed by atoms with Crippen LogP contribution in [0.15, 0.2) is 12.1 Å². The van der Waals surface area contributed by atoms with Gasteiger partial charge in [-0.25, -0.2) is 0 Å². The molecule has 3 nitrogen and oxygen atoms in total. The van der Waals surface area contributed by atoms with Gasteiger partial charge in [0.15, 0.2) is 5.82 Å². The fourth-order valence-electron chi connectivity index (χ4n) is 1.45. The van der Waals surface area contributed by atoms with E-state index in [4.69, 9.17) is 0 Å². The minimum atomic E-state index is -4.26. The van der Waals surface area contributed by atoms with E-state index in [0.717, 1.165) is 28.7 Å². The first kappa shape index (κ1) is 12.9. The quantitative estimate of drug-likeness (QED) is 0.896. The van der Waals surface area contributed by atoms with Gasteiger partial charge in [0.2, 0.25) is 0 Å². The highest BCUT2D eigenvalue weighted by Gasteiger charge is 2.32. The molecule has 0 radical (unpaired) electrons. The first-order valence-electron chi connectivity index (χ1n) is 5.29. The van der Waals surface area contributed by atoms with E-state index in [1.807, 2.05) is 13.8 Å². The summed E-state index contributed by atoms with van der Waals surface area (Å²) in [6, 6.07) is 2.58. The summed E-state index contributed by atoms with van der Waals surface area (Å²) >= 11 is 0.746. The number of rotatable bonds is 3. The van der Waals surface area contributed by atoms with Crippen molar-refractivity contribution in [3.8, 4) is 0 Å². The lowest BCUT2D eigenvalue weighted by atomic mass is 10.3. The van der Waals surface area contributed by atoms with Crippen molar-refractivity contribution < 1.29 is 13.2 Å². The molecule has 2 aromatic rings. The first-order chi connectivity index (χ1) is 8.38. The number of nitrogens with one attached hydrogen (secondary N) is 2. The highest BCUT2D eigenvalue weighted by atomic mass is 32.1. The van der Waals surface area contributed by atoms with Crippen LogP contribution < -0.4 is 5.32 Å². The van der Waals surface area contributed by atoms with Gasteiger partial charge in [-0.2, -0.15) is 18.3 Å². The lowest BCUT2D eigenvalue weighted by Gasteiger charge is -2.03. The molecule has 2 rings (SSSR count). The van der Waals surface area contributed by atoms with Crippen LogP contribution in [0.3, 0.4) is 0 Å². The van der Waals surface area contributed by atoms with Gasteiger partial charge < -0.3 is 5.32 Å². The zero-order valence-corrected chi connectivity index (χ0v) is 10.7. The molecule has 0 atom stereocenters. The Morgan fingerprint density at radius 3 is 2.56 bits per heavy atom. The monoisotopic (exact) mass is 275 g/mol. The highest BCUT2D eigenvalue weighted by molar-refractivity contribution is 7.12. The Labute approximate surface area is 106 Å². The van der Waals surface area contributed by atoms with Crippen molar-refractivity contribution in [2.24, 2.45) is 0 Å². The summed E-state index contributed by atoms with van der Waals surface area (Å²) in [6.45, 7) is 4.13. The topological polar surface area (TPSA) is 40.7 Å². The number of thiophene rings is 1. The van der Waals surface area contributed by atoms with Crippen LogP contribution in [0.4, 0.5) is 19.0 Å². The van der Waals surface area contributed by atoms with Crippen molar-refractivity contribution in [1.29, 1.82) is 0 Å². The fraction of sp³-hybridized carbons (Fsp3) is 0.364. The maximum absolute atomic E-state index is 12.4. The van der Waals surface area contributed by atoms with Gasteiger partial charge in [0.25, 0.3) is 0 Å². The van der Waals surface area contributed by atoms with Crippen molar-refractivity contribution in [2.45, 2.75) is 26.6 Å². The van der Waals surface area contributed by atoms with Crippen LogP contribution in [0.5, 0.6) is 0 Å². The highest BCUT2D eigenvalue weighted by Crippen LogP contribution is 2.34. The summed E-state index contributed by atoms with van der Waals surface area (Å²) in [5.41, 5.74) is 1.92. The minimum absolute atomic E-state index is 0.339. The maximum Gasteiger partial charge on any atom is 0.425 e. The van der Waals surface area contributed by atoms with Crippen LogP contribution in [-0.2, 0) is 12.7 Å². The van der Waals surface area contributed by atoms with Crippen LogP contribution in [0.1, 0.15) is 21.0 Å². The molecule has 18 heavy (non-hydrogen) atoms. The van der Waals surface area contributed by atoms with E-state index >= 15 is 0 Å². The van der Waals surface area contributed by atoms with Gasteiger partial charge in [0.05, 0.1) is 6.54 Å². The van der Waals surface area contributed by atoms with Crippen LogP contribution in [0.25, 0.3) is 0 Å². The van der Waals surface area contributed by atoms with Gasteiger partial charge in [0, 0.05) is 16.1 Å². The van der Waals surface area contributed by atoms with Crippen LogP contribution in [0.2, 0.25) is 0 Å². The van der Waals surface area contributed by atoms with Crippen molar-refractivity contribution in [1.82, 2.24) is 10.2 Å². The van der Waals surface area contributed by atoms with E-state index in [1.165, 1.54) is 6.07 Å². The zero-order valence-electron chi connectivity index (χ0n) is 9.85. The van der Waals surface area contributed by atoms with E-state index in [1.54, 1.807) is 0 Å². The third-order valence-electron chi connectivity index (χ3n) is 2.62. The van der Waals surface area contributed by atoms with Crippen LogP contribution in [-0.4, -0.2) is 10.2 Å². The number of nitrogens with zero attached hydrogens (tertiary/aromatic N) is 1. The molecule has 0 bridgehead atoms. The largest absolute Gasteiger partial charge is 0.425 e. The number of aromatic nitrogens is 2. The molecular weight excluding hydrogens is 263 g/mol. The number of anilines is 1. The number of hydrogen-bond donors (Lipinski definition) is 2. The van der Waals surface area contributed by atoms with Crippen molar-refractivity contribution >= 4 is 17.2 Å². The second-order valence-electron chi connectivity index (χ2n) is 3.94. The average molecular weight is 275 g/mol. The number of H-pyrrole nitrogens is 1. The first-order valence-corrected chi connectivity index (χ1v) is 6.11. The van der Waals surface area contributed by atoms with Gasteiger partial charge in [-0.15, -0.1) is 11.3 Å². The molecule has 2 N–H and O–H groups in total. The molecule has 0 aromatic carbocycles. The molecule has 0 aliphatic heterocycles. The molecule has 0 amide bonds. The predicted molar refractivity (Wildman–Crippen MR) is 64.7 cm³/mol. The summed E-state index contributed by atoms with van der Waals surface area (Å²) in [7, 11) is 0. The Kier molecular flexibility index (Phi) is 3.34. The normalized spacial score (nSPS) is 11.8. The van der Waals surface area contributed by atoms with Gasteiger partial charge in [-0.3, -0.25) is 5.10 Å². The van der Waals surface area contributed by atoms with Crippen LogP contribution in [0, 0.1) is 13.8 Å². The van der Waals surface area contributed by atoms with Crippen molar-refractivity contribution in [3.63, 3.8) is 0 Å². The fourth-order valence-corrected chi connectivity index (χ4v) is 2.27. The van der Waals surface area contributed by atoms with Gasteiger partial charge in [0.1, 0.15) is 4.88 Å². The summed E-state index contributed by atoms with van der Waals surface area (Å²) in [5, 5.41) is 9.86. The standard InChI is InChI=1S/C11H12F3N3S/c1-6-7(2)16-17-10(6)15-5-8-3-4-9(18-8)11(12,13)14/h3-4H,5H2,1-2H3,(H2,15,16,17). The van der Waals surface area contributed by atoms with E-state index in [0.29, 0.717) is 17.2 Å². The van der Waals surface area contributed by atoms with E-state index in [-0.39, 0.29) is 0 Å². The Bertz CT molecular complexity index is 542. The predicted octanol–water partition coefficient (Wildman–Crippen LogP) is 3.72. The molecule has 0 saturated heterocycles. The van der Waals surface area contributed by atoms with Crippen LogP contribution >= 0.6 is 11.3 Å². The minimum Gasteiger partial charge on any atom is -0.363 e. The molecule has 2 aromatic heterocycles. The average Bonchev–Trinajstić information content (AvgIpc) is 2.86. The van der Waals surface area contributed by atoms with E-state index in [9.17, 15) is 13.2 Å². The number of aromatic amines is 1. The van der Waals surface area contributed by atoms with Crippen molar-refractivity contribution in [2.75, 3.05) is 5.32 Å².